The van der Waals surface area contributed by atoms with Crippen LogP contribution in [-0.2, 0) is 6.18 Å². The highest BCUT2D eigenvalue weighted by atomic mass is 35.5. The maximum absolute atomic E-state index is 13.5. The van der Waals surface area contributed by atoms with Gasteiger partial charge in [0.05, 0.1) is 12.6 Å². The van der Waals surface area contributed by atoms with Crippen LogP contribution in [0.1, 0.15) is 37.1 Å². The van der Waals surface area contributed by atoms with Crippen molar-refractivity contribution in [2.75, 3.05) is 49.5 Å². The van der Waals surface area contributed by atoms with Crippen molar-refractivity contribution in [1.82, 2.24) is 24.5 Å². The number of aliphatic hydroxyl groups is 1. The molecule has 2 atom stereocenters. The van der Waals surface area contributed by atoms with Crippen LogP contribution in [0.3, 0.4) is 0 Å². The monoisotopic (exact) mass is 557 g/mol. The molecule has 2 fully saturated rings. The zero-order valence-electron chi connectivity index (χ0n) is 20.2. The van der Waals surface area contributed by atoms with Gasteiger partial charge in [-0.2, -0.15) is 32.8 Å². The van der Waals surface area contributed by atoms with Crippen molar-refractivity contribution >= 4 is 40.7 Å². The molecule has 200 valence electrons. The number of alkyl halides is 3. The van der Waals surface area contributed by atoms with E-state index in [4.69, 9.17) is 23.2 Å². The summed E-state index contributed by atoms with van der Waals surface area (Å²) < 4.78 is 41.4. The molecule has 13 heteroatoms. The van der Waals surface area contributed by atoms with Gasteiger partial charge in [-0.3, -0.25) is 0 Å². The second-order valence-electron chi connectivity index (χ2n) is 9.77. The number of hydrogen-bond donors (Lipinski definition) is 2. The maximum Gasteiger partial charge on any atom is 0.435 e. The average Bonchev–Trinajstić information content (AvgIpc) is 3.24. The van der Waals surface area contributed by atoms with Gasteiger partial charge >= 0.3 is 6.18 Å². The molecular formula is C24H28Cl2F3N7O. The highest BCUT2D eigenvalue weighted by molar-refractivity contribution is 6.35. The Labute approximate surface area is 222 Å². The Hall–Kier alpha value is -2.34. The molecule has 2 aromatic heterocycles. The van der Waals surface area contributed by atoms with Crippen LogP contribution in [0.25, 0.3) is 5.65 Å². The summed E-state index contributed by atoms with van der Waals surface area (Å²) in [7, 11) is 0. The van der Waals surface area contributed by atoms with E-state index in [1.165, 1.54) is 0 Å². The lowest BCUT2D eigenvalue weighted by atomic mass is 9.81. The number of β-amino-alcohol motifs (C(OH)–C–C–N with tert-alkyl or cyclic N) is 1. The van der Waals surface area contributed by atoms with Gasteiger partial charge in [0.15, 0.2) is 11.3 Å². The molecule has 0 saturated carbocycles. The summed E-state index contributed by atoms with van der Waals surface area (Å²) in [5.41, 5.74) is -0.257. The molecule has 4 heterocycles. The molecule has 0 aliphatic carbocycles. The molecular weight excluding hydrogens is 530 g/mol. The average molecular weight is 558 g/mol. The van der Waals surface area contributed by atoms with Crippen molar-refractivity contribution in [3.05, 3.63) is 45.6 Å². The summed E-state index contributed by atoms with van der Waals surface area (Å²) >= 11 is 12.4. The van der Waals surface area contributed by atoms with E-state index in [2.05, 4.69) is 25.3 Å². The minimum Gasteiger partial charge on any atom is -0.395 e. The van der Waals surface area contributed by atoms with Crippen molar-refractivity contribution < 1.29 is 18.3 Å². The van der Waals surface area contributed by atoms with Crippen LogP contribution >= 0.6 is 23.2 Å². The van der Waals surface area contributed by atoms with Gasteiger partial charge in [0.25, 0.3) is 0 Å². The number of nitrogens with zero attached hydrogens (tertiary/aromatic N) is 6. The molecule has 3 aromatic rings. The number of fused-ring (bicyclic) bond motifs is 1. The molecule has 0 spiro atoms. The Kier molecular flexibility index (Phi) is 7.41. The number of piperidine rings is 1. The van der Waals surface area contributed by atoms with Gasteiger partial charge < -0.3 is 20.2 Å². The Morgan fingerprint density at radius 1 is 1.14 bits per heavy atom. The summed E-state index contributed by atoms with van der Waals surface area (Å²) in [6, 6.07) is 5.61. The summed E-state index contributed by atoms with van der Waals surface area (Å²) in [6.45, 7) is 6.07. The van der Waals surface area contributed by atoms with E-state index in [1.54, 1.807) is 18.2 Å². The lowest BCUT2D eigenvalue weighted by molar-refractivity contribution is -0.141. The van der Waals surface area contributed by atoms with Gasteiger partial charge in [-0.05, 0) is 55.8 Å². The second kappa shape index (κ2) is 10.4. The molecule has 2 aliphatic rings. The highest BCUT2D eigenvalue weighted by Gasteiger charge is 2.38. The van der Waals surface area contributed by atoms with Crippen LogP contribution in [0.15, 0.2) is 24.3 Å². The van der Waals surface area contributed by atoms with E-state index in [-0.39, 0.29) is 18.2 Å². The first-order chi connectivity index (χ1) is 17.6. The van der Waals surface area contributed by atoms with E-state index in [9.17, 15) is 18.3 Å². The summed E-state index contributed by atoms with van der Waals surface area (Å²) in [6.07, 6.45) is -2.39. The van der Waals surface area contributed by atoms with E-state index in [0.29, 0.717) is 34.4 Å². The number of halogens is 5. The predicted molar refractivity (Wildman–Crippen MR) is 136 cm³/mol. The fourth-order valence-electron chi connectivity index (χ4n) is 5.17. The third-order valence-electron chi connectivity index (χ3n) is 7.19. The lowest BCUT2D eigenvalue weighted by Gasteiger charge is -2.46. The second-order valence-corrected chi connectivity index (χ2v) is 10.6. The van der Waals surface area contributed by atoms with Gasteiger partial charge in [-0.25, -0.2) is 0 Å². The third-order valence-corrected chi connectivity index (χ3v) is 7.76. The summed E-state index contributed by atoms with van der Waals surface area (Å²) in [5, 5.41) is 17.1. The fraction of sp³-hybridized carbons (Fsp3) is 0.542. The van der Waals surface area contributed by atoms with Crippen molar-refractivity contribution in [3.63, 3.8) is 0 Å². The number of rotatable bonds is 7. The van der Waals surface area contributed by atoms with Crippen LogP contribution in [0.5, 0.6) is 0 Å². The highest BCUT2D eigenvalue weighted by Crippen LogP contribution is 2.35. The van der Waals surface area contributed by atoms with Crippen molar-refractivity contribution in [2.24, 2.45) is 11.8 Å². The van der Waals surface area contributed by atoms with E-state index < -0.39 is 17.9 Å². The Bertz CT molecular complexity index is 1260. The van der Waals surface area contributed by atoms with Gasteiger partial charge in [0.2, 0.25) is 11.9 Å². The van der Waals surface area contributed by atoms with E-state index in [1.807, 2.05) is 11.8 Å². The normalized spacial score (nSPS) is 20.3. The largest absolute Gasteiger partial charge is 0.435 e. The lowest BCUT2D eigenvalue weighted by Crippen LogP contribution is -2.54. The molecule has 2 aliphatic heterocycles. The fourth-order valence-corrected chi connectivity index (χ4v) is 5.74. The van der Waals surface area contributed by atoms with Crippen LogP contribution in [0.2, 0.25) is 10.0 Å². The number of aromatic nitrogens is 4. The van der Waals surface area contributed by atoms with Gasteiger partial charge in [-0.15, -0.1) is 0 Å². The maximum atomic E-state index is 13.5. The molecule has 0 amide bonds. The van der Waals surface area contributed by atoms with Gasteiger partial charge in [0, 0.05) is 42.3 Å². The van der Waals surface area contributed by atoms with Crippen LogP contribution in [0.4, 0.5) is 25.1 Å². The molecule has 1 aromatic carbocycles. The summed E-state index contributed by atoms with van der Waals surface area (Å²) in [4.78, 5) is 13.3. The SMILES string of the molecule is C[C@@H](Nc1nc(N2CC([C@H]3CCCN(CCO)C3)C2)nc2cc(C(F)(F)F)nn12)c1ccc(Cl)cc1Cl. The first kappa shape index (κ1) is 26.3. The van der Waals surface area contributed by atoms with E-state index >= 15 is 0 Å². The molecule has 0 bridgehead atoms. The van der Waals surface area contributed by atoms with Crippen molar-refractivity contribution in [3.8, 4) is 0 Å². The molecule has 2 N–H and O–H groups in total. The van der Waals surface area contributed by atoms with Gasteiger partial charge in [0.1, 0.15) is 0 Å². The molecule has 5 rings (SSSR count). The number of likely N-dealkylation sites (tertiary alicyclic amines) is 1. The van der Waals surface area contributed by atoms with Crippen LogP contribution in [0, 0.1) is 11.8 Å². The Morgan fingerprint density at radius 3 is 2.62 bits per heavy atom. The number of nitrogens with one attached hydrogen (secondary N) is 1. The zero-order chi connectivity index (χ0) is 26.3. The topological polar surface area (TPSA) is 81.8 Å². The minimum atomic E-state index is -4.61. The quantitative estimate of drug-likeness (QED) is 0.433. The molecule has 0 radical (unpaired) electrons. The first-order valence-electron chi connectivity index (χ1n) is 12.3. The number of anilines is 2. The molecule has 37 heavy (non-hydrogen) atoms. The smallest absolute Gasteiger partial charge is 0.395 e. The standard InChI is InChI=1S/C24H28Cl2F3N7O/c1-14(18-5-4-17(25)9-19(18)26)30-23-32-22(31-21-10-20(24(27,28)29)33-36(21)23)35-12-16(13-35)15-3-2-6-34(11-15)7-8-37/h4-5,9-10,14-16,37H,2-3,6-8,11-13H2,1H3,(H,30,31,32)/t14-,15+/m1/s1. The van der Waals surface area contributed by atoms with Gasteiger partial charge in [-0.1, -0.05) is 29.3 Å². The minimum absolute atomic E-state index is 0.0597. The Balaban J connectivity index is 1.39. The van der Waals surface area contributed by atoms with E-state index in [0.717, 1.165) is 55.2 Å². The van der Waals surface area contributed by atoms with Crippen LogP contribution < -0.4 is 10.2 Å². The molecule has 0 unspecified atom stereocenters. The number of benzene rings is 1. The molecule has 8 nitrogen and oxygen atoms in total. The Morgan fingerprint density at radius 2 is 1.92 bits per heavy atom. The summed E-state index contributed by atoms with van der Waals surface area (Å²) in [5.74, 6) is 1.46. The van der Waals surface area contributed by atoms with Crippen LogP contribution in [-0.4, -0.2) is 68.9 Å². The van der Waals surface area contributed by atoms with Crippen molar-refractivity contribution in [1.29, 1.82) is 0 Å². The molecule has 2 saturated heterocycles. The number of hydrogen-bond acceptors (Lipinski definition) is 7. The first-order valence-corrected chi connectivity index (χ1v) is 13.0. The third kappa shape index (κ3) is 5.59. The zero-order valence-corrected chi connectivity index (χ0v) is 21.7. The van der Waals surface area contributed by atoms with Crippen molar-refractivity contribution in [2.45, 2.75) is 32.0 Å². The predicted octanol–water partition coefficient (Wildman–Crippen LogP) is 4.76. The number of aliphatic hydroxyl groups excluding tert-OH is 1.